The number of hydrogen-bond acceptors (Lipinski definition) is 2. The molecule has 1 aromatic carbocycles. The standard InChI is InChI=1S/C13H15ClO2/c1-10-6-7-12(13(15)16-2)9-11(10)5-3-4-8-14/h3,5-7,9H,4,8H2,1-2H3. The summed E-state index contributed by atoms with van der Waals surface area (Å²) in [6, 6.07) is 5.50. The van der Waals surface area contributed by atoms with Crippen molar-refractivity contribution >= 4 is 23.6 Å². The van der Waals surface area contributed by atoms with Crippen LogP contribution in [0.4, 0.5) is 0 Å². The molecule has 0 saturated carbocycles. The molecular weight excluding hydrogens is 224 g/mol. The highest BCUT2D eigenvalue weighted by Crippen LogP contribution is 2.14. The lowest BCUT2D eigenvalue weighted by Crippen LogP contribution is -2.01. The number of halogens is 1. The van der Waals surface area contributed by atoms with Crippen molar-refractivity contribution < 1.29 is 9.53 Å². The van der Waals surface area contributed by atoms with Gasteiger partial charge < -0.3 is 4.74 Å². The minimum Gasteiger partial charge on any atom is -0.465 e. The van der Waals surface area contributed by atoms with Crippen molar-refractivity contribution in [2.75, 3.05) is 13.0 Å². The minimum atomic E-state index is -0.313. The first-order chi connectivity index (χ1) is 7.69. The van der Waals surface area contributed by atoms with E-state index < -0.39 is 0 Å². The van der Waals surface area contributed by atoms with Crippen molar-refractivity contribution in [3.05, 3.63) is 41.0 Å². The molecule has 1 aromatic rings. The third-order valence-electron chi connectivity index (χ3n) is 2.27. The zero-order chi connectivity index (χ0) is 12.0. The van der Waals surface area contributed by atoms with E-state index in [1.165, 1.54) is 7.11 Å². The van der Waals surface area contributed by atoms with Crippen LogP contribution >= 0.6 is 11.6 Å². The van der Waals surface area contributed by atoms with E-state index in [1.807, 2.05) is 31.2 Å². The number of allylic oxidation sites excluding steroid dienone is 1. The van der Waals surface area contributed by atoms with Crippen LogP contribution in [0.5, 0.6) is 0 Å². The molecule has 0 amide bonds. The van der Waals surface area contributed by atoms with Crippen LogP contribution in [-0.2, 0) is 4.74 Å². The van der Waals surface area contributed by atoms with Crippen LogP contribution in [0.15, 0.2) is 24.3 Å². The molecule has 1 rings (SSSR count). The SMILES string of the molecule is COC(=O)c1ccc(C)c(C=CCCCl)c1. The molecule has 16 heavy (non-hydrogen) atoms. The third-order valence-corrected chi connectivity index (χ3v) is 2.49. The number of methoxy groups -OCH3 is 1. The molecule has 0 radical (unpaired) electrons. The van der Waals surface area contributed by atoms with Gasteiger partial charge in [-0.25, -0.2) is 4.79 Å². The number of ether oxygens (including phenoxy) is 1. The van der Waals surface area contributed by atoms with Gasteiger partial charge in [-0.05, 0) is 36.6 Å². The molecule has 0 atom stereocenters. The summed E-state index contributed by atoms with van der Waals surface area (Å²) in [5, 5.41) is 0. The zero-order valence-electron chi connectivity index (χ0n) is 9.50. The van der Waals surface area contributed by atoms with Gasteiger partial charge in [0, 0.05) is 5.88 Å². The maximum absolute atomic E-state index is 11.3. The molecule has 0 saturated heterocycles. The first kappa shape index (κ1) is 12.8. The Morgan fingerprint density at radius 3 is 2.88 bits per heavy atom. The second-order valence-corrected chi connectivity index (χ2v) is 3.82. The largest absolute Gasteiger partial charge is 0.465 e. The van der Waals surface area contributed by atoms with Crippen LogP contribution in [0, 0.1) is 6.92 Å². The molecule has 0 N–H and O–H groups in total. The number of benzene rings is 1. The van der Waals surface area contributed by atoms with Gasteiger partial charge in [0.2, 0.25) is 0 Å². The van der Waals surface area contributed by atoms with E-state index in [0.717, 1.165) is 17.5 Å². The van der Waals surface area contributed by atoms with Gasteiger partial charge in [-0.2, -0.15) is 0 Å². The van der Waals surface area contributed by atoms with Gasteiger partial charge in [0.1, 0.15) is 0 Å². The average molecular weight is 239 g/mol. The average Bonchev–Trinajstić information content (AvgIpc) is 2.31. The van der Waals surface area contributed by atoms with Gasteiger partial charge >= 0.3 is 5.97 Å². The summed E-state index contributed by atoms with van der Waals surface area (Å²) in [4.78, 5) is 11.3. The summed E-state index contributed by atoms with van der Waals surface area (Å²) in [6.45, 7) is 2.00. The topological polar surface area (TPSA) is 26.3 Å². The van der Waals surface area contributed by atoms with Crippen molar-refractivity contribution in [3.63, 3.8) is 0 Å². The maximum Gasteiger partial charge on any atom is 0.337 e. The van der Waals surface area contributed by atoms with Gasteiger partial charge in [0.05, 0.1) is 12.7 Å². The molecule has 0 bridgehead atoms. The predicted molar refractivity (Wildman–Crippen MR) is 66.9 cm³/mol. The van der Waals surface area contributed by atoms with Crippen molar-refractivity contribution in [3.8, 4) is 0 Å². The molecule has 0 heterocycles. The Labute approximate surface area is 101 Å². The van der Waals surface area contributed by atoms with Crippen LogP contribution in [-0.4, -0.2) is 19.0 Å². The lowest BCUT2D eigenvalue weighted by molar-refractivity contribution is 0.0600. The van der Waals surface area contributed by atoms with Gasteiger partial charge in [0.15, 0.2) is 0 Å². The molecular formula is C13H15ClO2. The van der Waals surface area contributed by atoms with Gasteiger partial charge in [-0.3, -0.25) is 0 Å². The Morgan fingerprint density at radius 1 is 1.50 bits per heavy atom. The van der Waals surface area contributed by atoms with E-state index >= 15 is 0 Å². The lowest BCUT2D eigenvalue weighted by Gasteiger charge is -2.04. The Kier molecular flexibility index (Phi) is 5.06. The van der Waals surface area contributed by atoms with Gasteiger partial charge in [0.25, 0.3) is 0 Å². The number of carbonyl (C=O) groups is 1. The van der Waals surface area contributed by atoms with Crippen molar-refractivity contribution in [2.45, 2.75) is 13.3 Å². The highest BCUT2D eigenvalue weighted by Gasteiger charge is 2.06. The third kappa shape index (κ3) is 3.38. The Hall–Kier alpha value is -1.28. The number of hydrogen-bond donors (Lipinski definition) is 0. The number of alkyl halides is 1. The molecule has 0 fully saturated rings. The van der Waals surface area contributed by atoms with Gasteiger partial charge in [-0.1, -0.05) is 18.2 Å². The molecule has 0 aromatic heterocycles. The quantitative estimate of drug-likeness (QED) is 0.594. The number of rotatable bonds is 4. The van der Waals surface area contributed by atoms with Crippen LogP contribution in [0.3, 0.4) is 0 Å². The summed E-state index contributed by atoms with van der Waals surface area (Å²) in [5.41, 5.74) is 2.71. The molecule has 86 valence electrons. The van der Waals surface area contributed by atoms with E-state index in [-0.39, 0.29) is 5.97 Å². The highest BCUT2D eigenvalue weighted by molar-refractivity contribution is 6.17. The summed E-state index contributed by atoms with van der Waals surface area (Å²) in [7, 11) is 1.38. The van der Waals surface area contributed by atoms with Crippen LogP contribution in [0.25, 0.3) is 6.08 Å². The minimum absolute atomic E-state index is 0.313. The maximum atomic E-state index is 11.3. The normalized spacial score (nSPS) is 10.7. The molecule has 0 spiro atoms. The monoisotopic (exact) mass is 238 g/mol. The summed E-state index contributed by atoms with van der Waals surface area (Å²) in [5.74, 6) is 0.290. The fourth-order valence-corrected chi connectivity index (χ4v) is 1.46. The Balaban J connectivity index is 2.94. The van der Waals surface area contributed by atoms with Crippen LogP contribution in [0.1, 0.15) is 27.9 Å². The Bertz CT molecular complexity index is 397. The summed E-state index contributed by atoms with van der Waals surface area (Å²) in [6.07, 6.45) is 4.80. The molecule has 0 aliphatic heterocycles. The van der Waals surface area contributed by atoms with E-state index in [1.54, 1.807) is 6.07 Å². The molecule has 2 nitrogen and oxygen atoms in total. The van der Waals surface area contributed by atoms with E-state index in [9.17, 15) is 4.79 Å². The van der Waals surface area contributed by atoms with Crippen LogP contribution < -0.4 is 0 Å². The van der Waals surface area contributed by atoms with Crippen molar-refractivity contribution in [2.24, 2.45) is 0 Å². The molecule has 0 unspecified atom stereocenters. The van der Waals surface area contributed by atoms with E-state index in [4.69, 9.17) is 11.6 Å². The van der Waals surface area contributed by atoms with Crippen molar-refractivity contribution in [1.29, 1.82) is 0 Å². The smallest absolute Gasteiger partial charge is 0.337 e. The predicted octanol–water partition coefficient (Wildman–Crippen LogP) is 3.42. The number of carbonyl (C=O) groups excluding carboxylic acids is 1. The lowest BCUT2D eigenvalue weighted by atomic mass is 10.0. The highest BCUT2D eigenvalue weighted by atomic mass is 35.5. The van der Waals surface area contributed by atoms with E-state index in [2.05, 4.69) is 4.74 Å². The second kappa shape index (κ2) is 6.33. The zero-order valence-corrected chi connectivity index (χ0v) is 10.3. The number of aryl methyl sites for hydroxylation is 1. The van der Waals surface area contributed by atoms with Crippen LogP contribution in [0.2, 0.25) is 0 Å². The fraction of sp³-hybridized carbons (Fsp3) is 0.308. The first-order valence-corrected chi connectivity index (χ1v) is 5.64. The number of esters is 1. The summed E-state index contributed by atoms with van der Waals surface area (Å²) >= 11 is 5.59. The van der Waals surface area contributed by atoms with E-state index in [0.29, 0.717) is 11.4 Å². The summed E-state index contributed by atoms with van der Waals surface area (Å²) < 4.78 is 4.67. The molecule has 3 heteroatoms. The Morgan fingerprint density at radius 2 is 2.25 bits per heavy atom. The van der Waals surface area contributed by atoms with Gasteiger partial charge in [-0.15, -0.1) is 11.6 Å². The van der Waals surface area contributed by atoms with Crippen molar-refractivity contribution in [1.82, 2.24) is 0 Å². The second-order valence-electron chi connectivity index (χ2n) is 3.44. The molecule has 0 aliphatic rings. The fourth-order valence-electron chi connectivity index (χ4n) is 1.34. The molecule has 0 aliphatic carbocycles. The first-order valence-electron chi connectivity index (χ1n) is 5.10.